The average molecular weight is 316 g/mol. The van der Waals surface area contributed by atoms with E-state index >= 15 is 0 Å². The third kappa shape index (κ3) is 3.23. The first-order chi connectivity index (χ1) is 11.0. The third-order valence-electron chi connectivity index (χ3n) is 4.18. The van der Waals surface area contributed by atoms with Crippen LogP contribution >= 0.6 is 0 Å². The lowest BCUT2D eigenvalue weighted by atomic mass is 9.98. The third-order valence-corrected chi connectivity index (χ3v) is 4.18. The van der Waals surface area contributed by atoms with E-state index in [9.17, 15) is 4.79 Å². The molecule has 1 saturated heterocycles. The first kappa shape index (κ1) is 15.6. The highest BCUT2D eigenvalue weighted by atomic mass is 16.2. The molecule has 1 aliphatic rings. The van der Waals surface area contributed by atoms with Crippen molar-refractivity contribution in [1.29, 1.82) is 0 Å². The fourth-order valence-corrected chi connectivity index (χ4v) is 3.08. The molecule has 0 aliphatic carbocycles. The Morgan fingerprint density at radius 2 is 2.22 bits per heavy atom. The van der Waals surface area contributed by atoms with Crippen LogP contribution in [0.2, 0.25) is 0 Å². The molecule has 3 heterocycles. The monoisotopic (exact) mass is 316 g/mol. The SMILES string of the molecule is CC(C)(C)n1nccc1NC(=O)N1CCCCC1c1cn[nH]c1. The Morgan fingerprint density at radius 1 is 1.39 bits per heavy atom. The number of amides is 2. The average Bonchev–Trinajstić information content (AvgIpc) is 3.17. The van der Waals surface area contributed by atoms with E-state index in [0.29, 0.717) is 0 Å². The van der Waals surface area contributed by atoms with Gasteiger partial charge in [-0.3, -0.25) is 10.4 Å². The first-order valence-corrected chi connectivity index (χ1v) is 8.07. The van der Waals surface area contributed by atoms with Gasteiger partial charge in [0.05, 0.1) is 24.0 Å². The minimum atomic E-state index is -0.183. The van der Waals surface area contributed by atoms with Gasteiger partial charge in [0.2, 0.25) is 0 Å². The standard InChI is InChI=1S/C16H24N6O/c1-16(2,3)22-14(7-8-19-22)20-15(23)21-9-5-4-6-13(21)12-10-17-18-11-12/h7-8,10-11,13H,4-6,9H2,1-3H3,(H,17,18)(H,20,23). The molecule has 2 amide bonds. The summed E-state index contributed by atoms with van der Waals surface area (Å²) in [6.07, 6.45) is 8.50. The smallest absolute Gasteiger partial charge is 0.317 e. The minimum Gasteiger partial charge on any atom is -0.317 e. The normalized spacial score (nSPS) is 18.9. The topological polar surface area (TPSA) is 78.8 Å². The molecule has 0 saturated carbocycles. The van der Waals surface area contributed by atoms with Gasteiger partial charge in [-0.15, -0.1) is 0 Å². The van der Waals surface area contributed by atoms with Crippen molar-refractivity contribution in [3.05, 3.63) is 30.2 Å². The molecule has 23 heavy (non-hydrogen) atoms. The van der Waals surface area contributed by atoms with Gasteiger partial charge in [0, 0.05) is 24.4 Å². The number of likely N-dealkylation sites (tertiary alicyclic amines) is 1. The molecule has 3 rings (SSSR count). The molecule has 0 aromatic carbocycles. The number of H-pyrrole nitrogens is 1. The van der Waals surface area contributed by atoms with Crippen LogP contribution in [0.4, 0.5) is 10.6 Å². The van der Waals surface area contributed by atoms with Crippen LogP contribution in [0.3, 0.4) is 0 Å². The predicted octanol–water partition coefficient (Wildman–Crippen LogP) is 3.12. The number of hydrogen-bond acceptors (Lipinski definition) is 3. The van der Waals surface area contributed by atoms with E-state index < -0.39 is 0 Å². The van der Waals surface area contributed by atoms with Crippen molar-refractivity contribution in [3.63, 3.8) is 0 Å². The van der Waals surface area contributed by atoms with E-state index in [-0.39, 0.29) is 17.6 Å². The second kappa shape index (κ2) is 6.06. The predicted molar refractivity (Wildman–Crippen MR) is 88.1 cm³/mol. The zero-order valence-electron chi connectivity index (χ0n) is 13.9. The quantitative estimate of drug-likeness (QED) is 0.893. The highest BCUT2D eigenvalue weighted by Gasteiger charge is 2.29. The molecule has 2 N–H and O–H groups in total. The first-order valence-electron chi connectivity index (χ1n) is 8.07. The van der Waals surface area contributed by atoms with Crippen molar-refractivity contribution in [1.82, 2.24) is 24.9 Å². The van der Waals surface area contributed by atoms with Crippen molar-refractivity contribution in [2.24, 2.45) is 0 Å². The molecule has 2 aromatic heterocycles. The van der Waals surface area contributed by atoms with Gasteiger partial charge in [-0.25, -0.2) is 9.48 Å². The number of anilines is 1. The van der Waals surface area contributed by atoms with Crippen LogP contribution < -0.4 is 5.32 Å². The largest absolute Gasteiger partial charge is 0.323 e. The van der Waals surface area contributed by atoms with Crippen LogP contribution in [0.5, 0.6) is 0 Å². The van der Waals surface area contributed by atoms with E-state index in [1.54, 1.807) is 12.4 Å². The van der Waals surface area contributed by atoms with E-state index in [4.69, 9.17) is 0 Å². The zero-order chi connectivity index (χ0) is 16.4. The van der Waals surface area contributed by atoms with Gasteiger partial charge in [-0.1, -0.05) is 0 Å². The molecule has 124 valence electrons. The number of aromatic nitrogens is 4. The van der Waals surface area contributed by atoms with E-state index in [0.717, 1.165) is 37.2 Å². The van der Waals surface area contributed by atoms with Gasteiger partial charge in [0.1, 0.15) is 5.82 Å². The molecular weight excluding hydrogens is 292 g/mol. The van der Waals surface area contributed by atoms with Gasteiger partial charge in [-0.2, -0.15) is 10.2 Å². The lowest BCUT2D eigenvalue weighted by Gasteiger charge is -2.35. The maximum Gasteiger partial charge on any atom is 0.323 e. The summed E-state index contributed by atoms with van der Waals surface area (Å²) < 4.78 is 1.84. The summed E-state index contributed by atoms with van der Waals surface area (Å²) in [7, 11) is 0. The summed E-state index contributed by atoms with van der Waals surface area (Å²) >= 11 is 0. The van der Waals surface area contributed by atoms with Crippen LogP contribution in [-0.4, -0.2) is 37.5 Å². The van der Waals surface area contributed by atoms with E-state index in [1.807, 2.05) is 21.8 Å². The summed E-state index contributed by atoms with van der Waals surface area (Å²) in [6.45, 7) is 6.94. The number of hydrogen-bond donors (Lipinski definition) is 2. The summed E-state index contributed by atoms with van der Waals surface area (Å²) in [5.41, 5.74) is 0.877. The summed E-state index contributed by atoms with van der Waals surface area (Å²) in [5, 5.41) is 14.2. The number of piperidine rings is 1. The lowest BCUT2D eigenvalue weighted by molar-refractivity contribution is 0.163. The van der Waals surface area contributed by atoms with Gasteiger partial charge in [-0.05, 0) is 40.0 Å². The van der Waals surface area contributed by atoms with E-state index in [1.165, 1.54) is 0 Å². The van der Waals surface area contributed by atoms with Gasteiger partial charge < -0.3 is 4.90 Å². The fraction of sp³-hybridized carbons (Fsp3) is 0.562. The Hall–Kier alpha value is -2.31. The van der Waals surface area contributed by atoms with Crippen molar-refractivity contribution in [2.75, 3.05) is 11.9 Å². The molecule has 7 heteroatoms. The highest BCUT2D eigenvalue weighted by Crippen LogP contribution is 2.31. The molecule has 2 aromatic rings. The Balaban J connectivity index is 1.78. The minimum absolute atomic E-state index is 0.0773. The zero-order valence-corrected chi connectivity index (χ0v) is 13.9. The Kier molecular flexibility index (Phi) is 4.11. The number of nitrogens with zero attached hydrogens (tertiary/aromatic N) is 4. The number of rotatable bonds is 2. The number of aromatic amines is 1. The van der Waals surface area contributed by atoms with Crippen molar-refractivity contribution < 1.29 is 4.79 Å². The van der Waals surface area contributed by atoms with E-state index in [2.05, 4.69) is 41.4 Å². The number of nitrogens with one attached hydrogen (secondary N) is 2. The van der Waals surface area contributed by atoms with Gasteiger partial charge in [0.15, 0.2) is 0 Å². The highest BCUT2D eigenvalue weighted by molar-refractivity contribution is 5.88. The molecule has 1 aliphatic heterocycles. The fourth-order valence-electron chi connectivity index (χ4n) is 3.08. The van der Waals surface area contributed by atoms with Crippen LogP contribution in [0.15, 0.2) is 24.7 Å². The molecule has 1 atom stereocenters. The summed E-state index contributed by atoms with van der Waals surface area (Å²) in [6, 6.07) is 1.83. The molecular formula is C16H24N6O. The second-order valence-corrected chi connectivity index (χ2v) is 6.97. The number of carbonyl (C=O) groups excluding carboxylic acids is 1. The maximum atomic E-state index is 12.8. The Morgan fingerprint density at radius 3 is 2.91 bits per heavy atom. The van der Waals surface area contributed by atoms with Crippen LogP contribution in [-0.2, 0) is 5.54 Å². The summed E-state index contributed by atoms with van der Waals surface area (Å²) in [5.74, 6) is 0.721. The Bertz CT molecular complexity index is 654. The molecule has 1 unspecified atom stereocenters. The van der Waals surface area contributed by atoms with Crippen LogP contribution in [0, 0.1) is 0 Å². The molecule has 0 radical (unpaired) electrons. The molecule has 1 fully saturated rings. The maximum absolute atomic E-state index is 12.8. The lowest BCUT2D eigenvalue weighted by Crippen LogP contribution is -2.41. The van der Waals surface area contributed by atoms with Crippen molar-refractivity contribution in [3.8, 4) is 0 Å². The molecule has 0 bridgehead atoms. The van der Waals surface area contributed by atoms with Crippen LogP contribution in [0.25, 0.3) is 0 Å². The van der Waals surface area contributed by atoms with Crippen molar-refractivity contribution >= 4 is 11.8 Å². The number of carbonyl (C=O) groups is 1. The molecule has 7 nitrogen and oxygen atoms in total. The van der Waals surface area contributed by atoms with Gasteiger partial charge in [0.25, 0.3) is 0 Å². The second-order valence-electron chi connectivity index (χ2n) is 6.97. The summed E-state index contributed by atoms with van der Waals surface area (Å²) in [4.78, 5) is 14.7. The number of urea groups is 1. The van der Waals surface area contributed by atoms with Gasteiger partial charge >= 0.3 is 6.03 Å². The molecule has 0 spiro atoms. The Labute approximate surface area is 136 Å². The van der Waals surface area contributed by atoms with Crippen LogP contribution in [0.1, 0.15) is 51.6 Å². The van der Waals surface area contributed by atoms with Crippen molar-refractivity contribution in [2.45, 2.75) is 51.6 Å².